The van der Waals surface area contributed by atoms with Gasteiger partial charge in [-0.2, -0.15) is 5.26 Å². The number of nitriles is 1. The third-order valence-electron chi connectivity index (χ3n) is 1.07. The molecule has 0 spiro atoms. The lowest BCUT2D eigenvalue weighted by Gasteiger charge is -2.09. The van der Waals surface area contributed by atoms with Crippen molar-refractivity contribution in [3.63, 3.8) is 0 Å². The minimum atomic E-state index is -0.303. The van der Waals surface area contributed by atoms with Gasteiger partial charge in [-0.05, 0) is 6.42 Å². The molecule has 0 N–H and O–H groups in total. The van der Waals surface area contributed by atoms with Crippen LogP contribution in [-0.4, -0.2) is 22.2 Å². The minimum Gasteiger partial charge on any atom is -0.465 e. The second-order valence-electron chi connectivity index (χ2n) is 2.23. The fraction of sp³-hybridized carbons (Fsp3) is 0.714. The van der Waals surface area contributed by atoms with Gasteiger partial charge in [-0.15, -0.1) is 0 Å². The smallest absolute Gasteiger partial charge is 0.302 e. The average Bonchev–Trinajstić information content (AvgIpc) is 2.00. The van der Waals surface area contributed by atoms with E-state index in [-0.39, 0.29) is 15.6 Å². The SMILES string of the molecule is CC(=O)OCC(Br)CC(Br)C#N. The van der Waals surface area contributed by atoms with Crippen molar-refractivity contribution in [2.24, 2.45) is 0 Å². The van der Waals surface area contributed by atoms with E-state index in [1.165, 1.54) is 6.92 Å². The van der Waals surface area contributed by atoms with E-state index in [0.717, 1.165) is 0 Å². The fourth-order valence-corrected chi connectivity index (χ4v) is 2.01. The van der Waals surface area contributed by atoms with Crippen LogP contribution < -0.4 is 0 Å². The first-order valence-electron chi connectivity index (χ1n) is 3.37. The van der Waals surface area contributed by atoms with Crippen LogP contribution in [0.4, 0.5) is 0 Å². The Balaban J connectivity index is 3.54. The van der Waals surface area contributed by atoms with Gasteiger partial charge < -0.3 is 4.74 Å². The molecule has 0 radical (unpaired) electrons. The van der Waals surface area contributed by atoms with Crippen LogP contribution in [-0.2, 0) is 9.53 Å². The summed E-state index contributed by atoms with van der Waals surface area (Å²) in [6.07, 6.45) is 0.615. The van der Waals surface area contributed by atoms with E-state index in [0.29, 0.717) is 13.0 Å². The van der Waals surface area contributed by atoms with Crippen LogP contribution in [0.25, 0.3) is 0 Å². The van der Waals surface area contributed by atoms with Crippen LogP contribution in [0.3, 0.4) is 0 Å². The number of hydrogen-bond donors (Lipinski definition) is 0. The van der Waals surface area contributed by atoms with E-state index in [4.69, 9.17) is 10.00 Å². The lowest BCUT2D eigenvalue weighted by Crippen LogP contribution is -2.15. The molecule has 3 nitrogen and oxygen atoms in total. The zero-order valence-corrected chi connectivity index (χ0v) is 9.76. The third kappa shape index (κ3) is 6.62. The van der Waals surface area contributed by atoms with Crippen LogP contribution in [0, 0.1) is 11.3 Å². The molecular formula is C7H9Br2NO2. The molecule has 0 aromatic rings. The Labute approximate surface area is 88.3 Å². The number of ether oxygens (including phenoxy) is 1. The molecular weight excluding hydrogens is 290 g/mol. The first kappa shape index (κ1) is 11.9. The molecule has 0 aromatic carbocycles. The van der Waals surface area contributed by atoms with Crippen molar-refractivity contribution in [2.45, 2.75) is 23.0 Å². The van der Waals surface area contributed by atoms with E-state index < -0.39 is 0 Å². The molecule has 0 saturated carbocycles. The summed E-state index contributed by atoms with van der Waals surface area (Å²) in [6, 6.07) is 2.03. The zero-order chi connectivity index (χ0) is 9.56. The minimum absolute atomic E-state index is 0.0328. The van der Waals surface area contributed by atoms with Crippen molar-refractivity contribution in [3.8, 4) is 6.07 Å². The summed E-state index contributed by atoms with van der Waals surface area (Å²) in [5.74, 6) is -0.303. The van der Waals surface area contributed by atoms with E-state index in [1.807, 2.05) is 6.07 Å². The van der Waals surface area contributed by atoms with E-state index in [9.17, 15) is 4.79 Å². The van der Waals surface area contributed by atoms with Gasteiger partial charge in [0.25, 0.3) is 0 Å². The quantitative estimate of drug-likeness (QED) is 0.589. The van der Waals surface area contributed by atoms with Crippen LogP contribution in [0.1, 0.15) is 13.3 Å². The van der Waals surface area contributed by atoms with Crippen molar-refractivity contribution < 1.29 is 9.53 Å². The molecule has 0 aliphatic heterocycles. The lowest BCUT2D eigenvalue weighted by molar-refractivity contribution is -0.140. The van der Waals surface area contributed by atoms with Gasteiger partial charge in [-0.25, -0.2) is 0 Å². The highest BCUT2D eigenvalue weighted by Crippen LogP contribution is 2.13. The molecule has 0 aliphatic carbocycles. The fourth-order valence-electron chi connectivity index (χ4n) is 0.553. The number of rotatable bonds is 4. The lowest BCUT2D eigenvalue weighted by atomic mass is 10.2. The molecule has 2 unspecified atom stereocenters. The van der Waals surface area contributed by atoms with Gasteiger partial charge in [0.2, 0.25) is 0 Å². The largest absolute Gasteiger partial charge is 0.465 e. The predicted octanol–water partition coefficient (Wildman–Crippen LogP) is 1.99. The maximum absolute atomic E-state index is 10.4. The molecule has 0 fully saturated rings. The summed E-state index contributed by atoms with van der Waals surface area (Å²) in [5.41, 5.74) is 0. The number of nitrogens with zero attached hydrogens (tertiary/aromatic N) is 1. The Kier molecular flexibility index (Phi) is 6.39. The number of hydrogen-bond acceptors (Lipinski definition) is 3. The number of carbonyl (C=O) groups is 1. The van der Waals surface area contributed by atoms with Crippen molar-refractivity contribution in [1.29, 1.82) is 5.26 Å². The van der Waals surface area contributed by atoms with Crippen LogP contribution in [0.2, 0.25) is 0 Å². The highest BCUT2D eigenvalue weighted by molar-refractivity contribution is 9.10. The Hall–Kier alpha value is -0.0800. The van der Waals surface area contributed by atoms with E-state index in [2.05, 4.69) is 31.9 Å². The van der Waals surface area contributed by atoms with E-state index in [1.54, 1.807) is 0 Å². The van der Waals surface area contributed by atoms with Gasteiger partial charge in [0.15, 0.2) is 0 Å². The molecule has 2 atom stereocenters. The van der Waals surface area contributed by atoms with Gasteiger partial charge >= 0.3 is 5.97 Å². The highest BCUT2D eigenvalue weighted by atomic mass is 79.9. The molecule has 0 rings (SSSR count). The average molecular weight is 299 g/mol. The van der Waals surface area contributed by atoms with Crippen molar-refractivity contribution in [3.05, 3.63) is 0 Å². The monoisotopic (exact) mass is 297 g/mol. The molecule has 0 amide bonds. The van der Waals surface area contributed by atoms with Crippen LogP contribution >= 0.6 is 31.9 Å². The number of esters is 1. The Morgan fingerprint density at radius 2 is 2.25 bits per heavy atom. The summed E-state index contributed by atoms with van der Waals surface area (Å²) in [7, 11) is 0. The second kappa shape index (κ2) is 6.44. The normalized spacial score (nSPS) is 14.5. The summed E-state index contributed by atoms with van der Waals surface area (Å²) in [5, 5.41) is 8.44. The molecule has 12 heavy (non-hydrogen) atoms. The maximum atomic E-state index is 10.4. The van der Waals surface area contributed by atoms with Gasteiger partial charge in [0.1, 0.15) is 11.4 Å². The third-order valence-corrected chi connectivity index (χ3v) is 2.29. The number of alkyl halides is 2. The molecule has 68 valence electrons. The summed E-state index contributed by atoms with van der Waals surface area (Å²) in [4.78, 5) is 10.2. The Morgan fingerprint density at radius 1 is 1.67 bits per heavy atom. The molecule has 0 heterocycles. The molecule has 5 heteroatoms. The second-order valence-corrected chi connectivity index (χ2v) is 4.63. The van der Waals surface area contributed by atoms with Crippen LogP contribution in [0.5, 0.6) is 0 Å². The van der Waals surface area contributed by atoms with Crippen molar-refractivity contribution in [2.75, 3.05) is 6.61 Å². The molecule has 0 aromatic heterocycles. The van der Waals surface area contributed by atoms with E-state index >= 15 is 0 Å². The standard InChI is InChI=1S/C7H9Br2NO2/c1-5(11)12-4-7(9)2-6(8)3-10/h6-7H,2,4H2,1H3. The number of halogens is 2. The maximum Gasteiger partial charge on any atom is 0.302 e. The zero-order valence-electron chi connectivity index (χ0n) is 6.59. The number of carbonyl (C=O) groups excluding carboxylic acids is 1. The van der Waals surface area contributed by atoms with Crippen molar-refractivity contribution >= 4 is 37.8 Å². The highest BCUT2D eigenvalue weighted by Gasteiger charge is 2.11. The van der Waals surface area contributed by atoms with Crippen molar-refractivity contribution in [1.82, 2.24) is 0 Å². The first-order chi connectivity index (χ1) is 5.56. The Bertz CT molecular complexity index is 190. The molecule has 0 saturated heterocycles. The first-order valence-corrected chi connectivity index (χ1v) is 5.20. The topological polar surface area (TPSA) is 50.1 Å². The molecule has 0 aliphatic rings. The van der Waals surface area contributed by atoms with Gasteiger partial charge in [0.05, 0.1) is 10.9 Å². The summed E-state index contributed by atoms with van der Waals surface area (Å²) >= 11 is 6.44. The Morgan fingerprint density at radius 3 is 2.67 bits per heavy atom. The van der Waals surface area contributed by atoms with Gasteiger partial charge in [-0.3, -0.25) is 4.79 Å². The van der Waals surface area contributed by atoms with Crippen LogP contribution in [0.15, 0.2) is 0 Å². The van der Waals surface area contributed by atoms with Gasteiger partial charge in [0, 0.05) is 6.92 Å². The summed E-state index contributed by atoms with van der Waals surface area (Å²) in [6.45, 7) is 1.66. The summed E-state index contributed by atoms with van der Waals surface area (Å²) < 4.78 is 4.73. The molecule has 0 bridgehead atoms. The van der Waals surface area contributed by atoms with Gasteiger partial charge in [-0.1, -0.05) is 31.9 Å². The predicted molar refractivity (Wildman–Crippen MR) is 52.3 cm³/mol.